The lowest BCUT2D eigenvalue weighted by molar-refractivity contribution is -0.132. The number of halogens is 1. The van der Waals surface area contributed by atoms with E-state index in [4.69, 9.17) is 16.3 Å². The number of hydrogen-bond donors (Lipinski definition) is 1. The second kappa shape index (κ2) is 9.65. The Hall–Kier alpha value is -3.68. The maximum absolute atomic E-state index is 13.5. The number of carbonyl (C=O) groups is 2. The molecule has 1 unspecified atom stereocenters. The first-order chi connectivity index (χ1) is 17.6. The molecule has 8 heteroatoms. The molecule has 1 aromatic heterocycles. The van der Waals surface area contributed by atoms with Crippen molar-refractivity contribution >= 4 is 55.7 Å². The van der Waals surface area contributed by atoms with Gasteiger partial charge in [-0.05, 0) is 75.2 Å². The molecule has 0 radical (unpaired) electrons. The summed E-state index contributed by atoms with van der Waals surface area (Å²) in [5.74, 6) is -1.05. The number of aliphatic hydroxyl groups excluding tert-OH is 1. The minimum Gasteiger partial charge on any atom is -0.507 e. The van der Waals surface area contributed by atoms with Gasteiger partial charge in [0.05, 0.1) is 27.9 Å². The molecule has 5 rings (SSSR count). The molecule has 0 spiro atoms. The molecule has 6 nitrogen and oxygen atoms in total. The summed E-state index contributed by atoms with van der Waals surface area (Å²) >= 11 is 7.43. The lowest BCUT2D eigenvalue weighted by Crippen LogP contribution is -2.29. The standard InChI is InChI=1S/C29H25ClN2O4S/c1-15(2)36-22-11-8-19(13-17(22)4)26(33)24-25(18-7-5-6-16(3)12-18)32(28(35)27(24)34)29-31-21-10-9-20(30)14-23(21)37-29/h5-15,25,33H,1-4H3/b26-24+. The van der Waals surface area contributed by atoms with Crippen LogP contribution in [0.5, 0.6) is 5.75 Å². The van der Waals surface area contributed by atoms with Crippen molar-refractivity contribution < 1.29 is 19.4 Å². The Morgan fingerprint density at radius 1 is 1.08 bits per heavy atom. The number of hydrogen-bond acceptors (Lipinski definition) is 6. The Bertz CT molecular complexity index is 1590. The van der Waals surface area contributed by atoms with Crippen LogP contribution in [0.15, 0.2) is 66.2 Å². The Balaban J connectivity index is 1.69. The zero-order valence-electron chi connectivity index (χ0n) is 20.8. The summed E-state index contributed by atoms with van der Waals surface area (Å²) in [7, 11) is 0. The van der Waals surface area contributed by atoms with Crippen molar-refractivity contribution in [3.8, 4) is 5.75 Å². The molecule has 1 saturated heterocycles. The molecule has 0 bridgehead atoms. The van der Waals surface area contributed by atoms with Gasteiger partial charge in [-0.25, -0.2) is 4.98 Å². The Labute approximate surface area is 223 Å². The Kier molecular flexibility index (Phi) is 6.52. The number of anilines is 1. The average Bonchev–Trinajstić information content (AvgIpc) is 3.37. The number of ketones is 1. The number of aryl methyl sites for hydroxylation is 2. The number of aliphatic hydroxyl groups is 1. The molecule has 1 aliphatic rings. The maximum atomic E-state index is 13.5. The number of fused-ring (bicyclic) bond motifs is 1. The van der Waals surface area contributed by atoms with Crippen molar-refractivity contribution in [3.63, 3.8) is 0 Å². The summed E-state index contributed by atoms with van der Waals surface area (Å²) in [6, 6.07) is 17.2. The molecule has 0 aliphatic carbocycles. The molecule has 1 fully saturated rings. The van der Waals surface area contributed by atoms with Gasteiger partial charge in [-0.1, -0.05) is 52.8 Å². The Morgan fingerprint density at radius 3 is 2.57 bits per heavy atom. The molecule has 4 aromatic rings. The molecule has 1 atom stereocenters. The first-order valence-electron chi connectivity index (χ1n) is 11.9. The van der Waals surface area contributed by atoms with Crippen molar-refractivity contribution in [2.45, 2.75) is 39.8 Å². The van der Waals surface area contributed by atoms with Crippen LogP contribution in [0, 0.1) is 13.8 Å². The highest BCUT2D eigenvalue weighted by Gasteiger charge is 2.48. The first-order valence-corrected chi connectivity index (χ1v) is 13.0. The number of aromatic nitrogens is 1. The van der Waals surface area contributed by atoms with E-state index >= 15 is 0 Å². The summed E-state index contributed by atoms with van der Waals surface area (Å²) in [5, 5.41) is 12.4. The second-order valence-electron chi connectivity index (χ2n) is 9.34. The van der Waals surface area contributed by atoms with Crippen LogP contribution in [-0.2, 0) is 9.59 Å². The summed E-state index contributed by atoms with van der Waals surface area (Å²) < 4.78 is 6.61. The number of amides is 1. The van der Waals surface area contributed by atoms with Crippen LogP contribution < -0.4 is 9.64 Å². The predicted molar refractivity (Wildman–Crippen MR) is 148 cm³/mol. The molecule has 1 amide bonds. The molecular formula is C29H25ClN2O4S. The van der Waals surface area contributed by atoms with Gasteiger partial charge in [0.25, 0.3) is 5.78 Å². The summed E-state index contributed by atoms with van der Waals surface area (Å²) in [4.78, 5) is 32.9. The lowest BCUT2D eigenvalue weighted by atomic mass is 9.94. The Morgan fingerprint density at radius 2 is 1.86 bits per heavy atom. The number of nitrogens with zero attached hydrogens (tertiary/aromatic N) is 2. The van der Waals surface area contributed by atoms with E-state index in [1.54, 1.807) is 36.4 Å². The highest BCUT2D eigenvalue weighted by molar-refractivity contribution is 7.22. The smallest absolute Gasteiger partial charge is 0.301 e. The third kappa shape index (κ3) is 4.61. The van der Waals surface area contributed by atoms with E-state index in [-0.39, 0.29) is 17.4 Å². The predicted octanol–water partition coefficient (Wildman–Crippen LogP) is 6.98. The van der Waals surface area contributed by atoms with Gasteiger partial charge in [-0.2, -0.15) is 0 Å². The highest BCUT2D eigenvalue weighted by Crippen LogP contribution is 2.45. The van der Waals surface area contributed by atoms with E-state index in [1.165, 1.54) is 16.2 Å². The molecule has 3 aromatic carbocycles. The number of carbonyl (C=O) groups excluding carboxylic acids is 2. The van der Waals surface area contributed by atoms with Crippen LogP contribution in [0.2, 0.25) is 5.02 Å². The van der Waals surface area contributed by atoms with Crippen molar-refractivity contribution in [1.29, 1.82) is 0 Å². The number of ether oxygens (including phenoxy) is 1. The quantitative estimate of drug-likeness (QED) is 0.170. The summed E-state index contributed by atoms with van der Waals surface area (Å²) in [6.07, 6.45) is -0.00603. The number of benzene rings is 3. The van der Waals surface area contributed by atoms with Crippen LogP contribution in [0.3, 0.4) is 0 Å². The lowest BCUT2D eigenvalue weighted by Gasteiger charge is -2.23. The molecule has 188 valence electrons. The van der Waals surface area contributed by atoms with E-state index in [1.807, 2.05) is 52.0 Å². The van der Waals surface area contributed by atoms with Gasteiger partial charge >= 0.3 is 5.91 Å². The van der Waals surface area contributed by atoms with Gasteiger partial charge < -0.3 is 9.84 Å². The van der Waals surface area contributed by atoms with Gasteiger partial charge in [-0.15, -0.1) is 0 Å². The molecule has 2 heterocycles. The third-order valence-electron chi connectivity index (χ3n) is 6.16. The molecule has 1 aliphatic heterocycles. The van der Waals surface area contributed by atoms with E-state index in [0.29, 0.717) is 32.5 Å². The van der Waals surface area contributed by atoms with Crippen LogP contribution in [0.25, 0.3) is 16.0 Å². The van der Waals surface area contributed by atoms with E-state index < -0.39 is 17.7 Å². The third-order valence-corrected chi connectivity index (χ3v) is 7.41. The second-order valence-corrected chi connectivity index (χ2v) is 10.8. The molecular weight excluding hydrogens is 508 g/mol. The fourth-order valence-corrected chi connectivity index (χ4v) is 5.78. The van der Waals surface area contributed by atoms with Crippen molar-refractivity contribution in [1.82, 2.24) is 4.98 Å². The van der Waals surface area contributed by atoms with Gasteiger partial charge in [0, 0.05) is 10.6 Å². The SMILES string of the molecule is Cc1cccc(C2/C(=C(\O)c3ccc(OC(C)C)c(C)c3)C(=O)C(=O)N2c2nc3ccc(Cl)cc3s2)c1. The van der Waals surface area contributed by atoms with Gasteiger partial charge in [-0.3, -0.25) is 14.5 Å². The number of thiazole rings is 1. The number of rotatable bonds is 5. The van der Waals surface area contributed by atoms with Crippen molar-refractivity contribution in [2.75, 3.05) is 4.90 Å². The monoisotopic (exact) mass is 532 g/mol. The van der Waals surface area contributed by atoms with Crippen molar-refractivity contribution in [3.05, 3.63) is 93.5 Å². The maximum Gasteiger partial charge on any atom is 0.301 e. The van der Waals surface area contributed by atoms with E-state index in [0.717, 1.165) is 15.8 Å². The van der Waals surface area contributed by atoms with Gasteiger partial charge in [0.15, 0.2) is 5.13 Å². The summed E-state index contributed by atoms with van der Waals surface area (Å²) in [6.45, 7) is 7.68. The zero-order valence-corrected chi connectivity index (χ0v) is 22.4. The topological polar surface area (TPSA) is 79.7 Å². The minimum atomic E-state index is -0.845. The van der Waals surface area contributed by atoms with E-state index in [2.05, 4.69) is 4.98 Å². The largest absolute Gasteiger partial charge is 0.507 e. The average molecular weight is 533 g/mol. The molecule has 0 saturated carbocycles. The first kappa shape index (κ1) is 25.0. The van der Waals surface area contributed by atoms with Gasteiger partial charge in [0.2, 0.25) is 0 Å². The van der Waals surface area contributed by atoms with E-state index in [9.17, 15) is 14.7 Å². The number of Topliss-reactive ketones (excluding diaryl/α,β-unsaturated/α-hetero) is 1. The van der Waals surface area contributed by atoms with Crippen LogP contribution >= 0.6 is 22.9 Å². The van der Waals surface area contributed by atoms with Crippen LogP contribution in [-0.4, -0.2) is 27.9 Å². The van der Waals surface area contributed by atoms with Gasteiger partial charge in [0.1, 0.15) is 11.5 Å². The van der Waals surface area contributed by atoms with Crippen LogP contribution in [0.1, 0.15) is 42.1 Å². The minimum absolute atomic E-state index is 0.00603. The molecule has 37 heavy (non-hydrogen) atoms. The van der Waals surface area contributed by atoms with Crippen LogP contribution in [0.4, 0.5) is 5.13 Å². The normalized spacial score (nSPS) is 17.2. The highest BCUT2D eigenvalue weighted by atomic mass is 35.5. The fourth-order valence-electron chi connectivity index (χ4n) is 4.51. The summed E-state index contributed by atoms with van der Waals surface area (Å²) in [5.41, 5.74) is 3.60. The fraction of sp³-hybridized carbons (Fsp3) is 0.207. The molecule has 1 N–H and O–H groups in total. The van der Waals surface area contributed by atoms with Crippen molar-refractivity contribution in [2.24, 2.45) is 0 Å². The zero-order chi connectivity index (χ0) is 26.4.